The summed E-state index contributed by atoms with van der Waals surface area (Å²) >= 11 is 6.30. The highest BCUT2D eigenvalue weighted by molar-refractivity contribution is 6.31. The van der Waals surface area contributed by atoms with Gasteiger partial charge in [-0.2, -0.15) is 9.78 Å². The van der Waals surface area contributed by atoms with Gasteiger partial charge in [0, 0.05) is 25.0 Å². The Morgan fingerprint density at radius 2 is 1.90 bits per heavy atom. The standard InChI is InChI=1S/C23H19ClN4O2/c24-22-20(15-26-28(23(22)29)21-6-1-2-11-25-21)30-19-8-7-16-9-12-27(18-4-3-5-18)13-10-17(16)14-19/h1-8,11,14-15H,9-10,12-13H2. The maximum absolute atomic E-state index is 12.6. The molecule has 30 heavy (non-hydrogen) atoms. The molecule has 3 aromatic rings. The Morgan fingerprint density at radius 3 is 2.63 bits per heavy atom. The highest BCUT2D eigenvalue weighted by atomic mass is 35.5. The van der Waals surface area contributed by atoms with E-state index >= 15 is 0 Å². The van der Waals surface area contributed by atoms with Crippen molar-refractivity contribution < 1.29 is 4.74 Å². The third-order valence-corrected chi connectivity index (χ3v) is 5.71. The quantitative estimate of drug-likeness (QED) is 0.642. The van der Waals surface area contributed by atoms with Crippen molar-refractivity contribution in [3.63, 3.8) is 0 Å². The number of fused-ring (bicyclic) bond motifs is 1. The molecule has 0 amide bonds. The Labute approximate surface area is 178 Å². The summed E-state index contributed by atoms with van der Waals surface area (Å²) in [5.74, 6) is 1.28. The van der Waals surface area contributed by atoms with Gasteiger partial charge in [-0.15, -0.1) is 0 Å². The molecule has 0 unspecified atom stereocenters. The van der Waals surface area contributed by atoms with Crippen LogP contribution in [0.3, 0.4) is 0 Å². The molecule has 0 bridgehead atoms. The van der Waals surface area contributed by atoms with Crippen LogP contribution in [-0.2, 0) is 12.8 Å². The van der Waals surface area contributed by atoms with Gasteiger partial charge in [0.25, 0.3) is 5.56 Å². The summed E-state index contributed by atoms with van der Waals surface area (Å²) in [5, 5.41) is 4.14. The molecule has 0 radical (unpaired) electrons. The average Bonchev–Trinajstić information content (AvgIpc) is 2.93. The molecular weight excluding hydrogens is 400 g/mol. The number of rotatable bonds is 4. The number of halogens is 1. The van der Waals surface area contributed by atoms with Crippen LogP contribution in [0, 0.1) is 0 Å². The Kier molecular flexibility index (Phi) is 4.85. The third kappa shape index (κ3) is 3.50. The van der Waals surface area contributed by atoms with Crippen LogP contribution in [0.5, 0.6) is 11.5 Å². The van der Waals surface area contributed by atoms with Gasteiger partial charge in [-0.3, -0.25) is 4.79 Å². The molecule has 2 aromatic heterocycles. The lowest BCUT2D eigenvalue weighted by Gasteiger charge is -2.26. The summed E-state index contributed by atoms with van der Waals surface area (Å²) in [5.41, 5.74) is 3.40. The molecule has 150 valence electrons. The van der Waals surface area contributed by atoms with Crippen LogP contribution in [0.2, 0.25) is 5.02 Å². The second-order valence-electron chi connectivity index (χ2n) is 7.20. The highest BCUT2D eigenvalue weighted by Gasteiger charge is 2.18. The number of pyridine rings is 1. The number of ether oxygens (including phenoxy) is 1. The largest absolute Gasteiger partial charge is 0.454 e. The van der Waals surface area contributed by atoms with Crippen molar-refractivity contribution >= 4 is 11.6 Å². The predicted octanol–water partition coefficient (Wildman–Crippen LogP) is 3.93. The van der Waals surface area contributed by atoms with E-state index in [1.165, 1.54) is 23.0 Å². The van der Waals surface area contributed by atoms with Crippen molar-refractivity contribution in [2.45, 2.75) is 12.8 Å². The van der Waals surface area contributed by atoms with Crippen LogP contribution in [0.1, 0.15) is 11.1 Å². The Morgan fingerprint density at radius 1 is 1.07 bits per heavy atom. The van der Waals surface area contributed by atoms with Gasteiger partial charge in [-0.1, -0.05) is 29.8 Å². The maximum Gasteiger partial charge on any atom is 0.295 e. The van der Waals surface area contributed by atoms with Crippen LogP contribution in [-0.4, -0.2) is 32.8 Å². The van der Waals surface area contributed by atoms with E-state index in [9.17, 15) is 4.79 Å². The van der Waals surface area contributed by atoms with Crippen LogP contribution >= 0.6 is 11.6 Å². The van der Waals surface area contributed by atoms with Crippen LogP contribution < -0.4 is 10.3 Å². The first-order valence-electron chi connectivity index (χ1n) is 9.81. The van der Waals surface area contributed by atoms with Gasteiger partial charge in [-0.25, -0.2) is 4.98 Å². The van der Waals surface area contributed by atoms with Crippen molar-refractivity contribution in [2.75, 3.05) is 13.1 Å². The Hall–Kier alpha value is -3.38. The van der Waals surface area contributed by atoms with E-state index in [0.717, 1.165) is 30.6 Å². The van der Waals surface area contributed by atoms with Gasteiger partial charge in [0.05, 0.1) is 6.20 Å². The lowest BCUT2D eigenvalue weighted by molar-refractivity contribution is 0.370. The van der Waals surface area contributed by atoms with Crippen molar-refractivity contribution in [3.8, 4) is 17.3 Å². The molecule has 3 heterocycles. The Balaban J connectivity index is 1.37. The Bertz CT molecular complexity index is 1220. The second-order valence-corrected chi connectivity index (χ2v) is 7.58. The zero-order valence-corrected chi connectivity index (χ0v) is 16.9. The molecule has 7 heteroatoms. The fourth-order valence-electron chi connectivity index (χ4n) is 3.67. The van der Waals surface area contributed by atoms with Crippen molar-refractivity contribution in [1.29, 1.82) is 0 Å². The monoisotopic (exact) mass is 418 g/mol. The van der Waals surface area contributed by atoms with Gasteiger partial charge in [-0.05, 0) is 60.4 Å². The predicted molar refractivity (Wildman–Crippen MR) is 115 cm³/mol. The number of hydrogen-bond donors (Lipinski definition) is 0. The molecule has 0 saturated heterocycles. The molecule has 6 nitrogen and oxygen atoms in total. The van der Waals surface area contributed by atoms with E-state index in [4.69, 9.17) is 16.3 Å². The van der Waals surface area contributed by atoms with E-state index in [-0.39, 0.29) is 10.8 Å². The first-order chi connectivity index (χ1) is 14.7. The van der Waals surface area contributed by atoms with Crippen molar-refractivity contribution in [2.24, 2.45) is 0 Å². The van der Waals surface area contributed by atoms with E-state index < -0.39 is 5.56 Å². The molecule has 1 aromatic carbocycles. The van der Waals surface area contributed by atoms with Gasteiger partial charge < -0.3 is 9.64 Å². The minimum atomic E-state index is -0.472. The van der Waals surface area contributed by atoms with Crippen LogP contribution in [0.15, 0.2) is 77.5 Å². The smallest absolute Gasteiger partial charge is 0.295 e. The van der Waals surface area contributed by atoms with Gasteiger partial charge in [0.15, 0.2) is 16.6 Å². The zero-order valence-electron chi connectivity index (χ0n) is 16.2. The number of aromatic nitrogens is 3. The first-order valence-corrected chi connectivity index (χ1v) is 10.2. The van der Waals surface area contributed by atoms with Gasteiger partial charge in [0.2, 0.25) is 0 Å². The van der Waals surface area contributed by atoms with E-state index in [0.29, 0.717) is 11.6 Å². The topological polar surface area (TPSA) is 60.2 Å². The second kappa shape index (κ2) is 7.80. The lowest BCUT2D eigenvalue weighted by Crippen LogP contribution is -2.26. The number of allylic oxidation sites excluding steroid dienone is 3. The van der Waals surface area contributed by atoms with Gasteiger partial charge in [0.1, 0.15) is 5.75 Å². The SMILES string of the molecule is O=c1c(Cl)c(Oc2ccc3c(c2)CCN(C2=CC=C2)CC3)cnn1-c1ccccn1. The van der Waals surface area contributed by atoms with Crippen molar-refractivity contribution in [3.05, 3.63) is 99.2 Å². The number of hydrogen-bond acceptors (Lipinski definition) is 5. The molecule has 5 rings (SSSR count). The number of nitrogens with zero attached hydrogens (tertiary/aromatic N) is 4. The van der Waals surface area contributed by atoms with E-state index in [2.05, 4.69) is 39.3 Å². The van der Waals surface area contributed by atoms with E-state index in [1.54, 1.807) is 24.4 Å². The molecule has 0 spiro atoms. The van der Waals surface area contributed by atoms with Crippen LogP contribution in [0.25, 0.3) is 5.82 Å². The minimum Gasteiger partial charge on any atom is -0.454 e. The molecule has 1 aliphatic carbocycles. The minimum absolute atomic E-state index is 0.0273. The highest BCUT2D eigenvalue weighted by Crippen LogP contribution is 2.29. The maximum atomic E-state index is 12.6. The molecular formula is C23H19ClN4O2. The molecule has 0 saturated carbocycles. The summed E-state index contributed by atoms with van der Waals surface area (Å²) in [7, 11) is 0. The summed E-state index contributed by atoms with van der Waals surface area (Å²) < 4.78 is 7.09. The van der Waals surface area contributed by atoms with Crippen molar-refractivity contribution in [1.82, 2.24) is 19.7 Å². The van der Waals surface area contributed by atoms with Gasteiger partial charge >= 0.3 is 0 Å². The molecule has 0 atom stereocenters. The molecule has 0 N–H and O–H groups in total. The molecule has 1 aliphatic heterocycles. The molecule has 0 fully saturated rings. The fourth-order valence-corrected chi connectivity index (χ4v) is 3.84. The normalized spacial score (nSPS) is 15.1. The van der Waals surface area contributed by atoms with Crippen LogP contribution in [0.4, 0.5) is 0 Å². The molecule has 2 aliphatic rings. The summed E-state index contributed by atoms with van der Waals surface area (Å²) in [6.45, 7) is 1.97. The first kappa shape index (κ1) is 18.6. The summed E-state index contributed by atoms with van der Waals surface area (Å²) in [6, 6.07) is 11.3. The van der Waals surface area contributed by atoms with E-state index in [1.807, 2.05) is 12.1 Å². The third-order valence-electron chi connectivity index (χ3n) is 5.36. The summed E-state index contributed by atoms with van der Waals surface area (Å²) in [6.07, 6.45) is 11.3. The summed E-state index contributed by atoms with van der Waals surface area (Å²) in [4.78, 5) is 19.2. The lowest BCUT2D eigenvalue weighted by atomic mass is 10.0. The average molecular weight is 419 g/mol. The zero-order chi connectivity index (χ0) is 20.5. The fraction of sp³-hybridized carbons (Fsp3) is 0.174. The number of benzene rings is 1.